The van der Waals surface area contributed by atoms with Gasteiger partial charge in [0.1, 0.15) is 11.9 Å². The Morgan fingerprint density at radius 2 is 2.05 bits per heavy atom. The molecule has 1 heterocycles. The topological polar surface area (TPSA) is 64.4 Å². The summed E-state index contributed by atoms with van der Waals surface area (Å²) < 4.78 is 56.2. The monoisotopic (exact) mass is 342 g/mol. The lowest BCUT2D eigenvalue weighted by molar-refractivity contribution is -0.140. The molecule has 124 valence electrons. The lowest BCUT2D eigenvalue weighted by Crippen LogP contribution is -2.29. The molecule has 0 radical (unpaired) electrons. The maximum atomic E-state index is 13.1. The number of rotatable bonds is 3. The van der Waals surface area contributed by atoms with Crippen molar-refractivity contribution in [1.29, 1.82) is 0 Å². The van der Waals surface area contributed by atoms with Crippen LogP contribution < -0.4 is 11.1 Å². The van der Waals surface area contributed by atoms with E-state index in [1.54, 1.807) is 0 Å². The molecule has 1 aliphatic rings. The van der Waals surface area contributed by atoms with E-state index in [2.05, 4.69) is 5.32 Å². The first kappa shape index (κ1) is 18.7. The van der Waals surface area contributed by atoms with Gasteiger partial charge in [0.15, 0.2) is 0 Å². The predicted molar refractivity (Wildman–Crippen MR) is 74.2 cm³/mol. The minimum Gasteiger partial charge on any atom is -0.364 e. The van der Waals surface area contributed by atoms with Gasteiger partial charge in [0.05, 0.1) is 11.7 Å². The first-order chi connectivity index (χ1) is 9.81. The van der Waals surface area contributed by atoms with Gasteiger partial charge in [-0.2, -0.15) is 13.2 Å². The number of halogens is 5. The number of hydrogen-bond acceptors (Lipinski definition) is 3. The summed E-state index contributed by atoms with van der Waals surface area (Å²) in [5, 5.41) is 2.30. The Morgan fingerprint density at radius 3 is 2.59 bits per heavy atom. The summed E-state index contributed by atoms with van der Waals surface area (Å²) in [4.78, 5) is 11.9. The highest BCUT2D eigenvalue weighted by molar-refractivity contribution is 5.94. The lowest BCUT2D eigenvalue weighted by Gasteiger charge is -2.14. The smallest absolute Gasteiger partial charge is 0.364 e. The van der Waals surface area contributed by atoms with Crippen LogP contribution in [0.5, 0.6) is 0 Å². The fraction of sp³-hybridized carbons (Fsp3) is 0.462. The molecule has 2 rings (SSSR count). The van der Waals surface area contributed by atoms with E-state index in [1.807, 2.05) is 0 Å². The molecule has 0 saturated carbocycles. The lowest BCUT2D eigenvalue weighted by atomic mass is 10.1. The van der Waals surface area contributed by atoms with E-state index < -0.39 is 29.6 Å². The van der Waals surface area contributed by atoms with E-state index in [0.717, 1.165) is 6.07 Å². The highest BCUT2D eigenvalue weighted by Crippen LogP contribution is 2.33. The van der Waals surface area contributed by atoms with Crippen molar-refractivity contribution in [3.05, 3.63) is 29.6 Å². The molecule has 1 aromatic rings. The van der Waals surface area contributed by atoms with Crippen molar-refractivity contribution in [1.82, 2.24) is 0 Å². The Kier molecular flexibility index (Phi) is 6.16. The molecule has 0 bridgehead atoms. The number of carbonyl (C=O) groups excluding carboxylic acids is 1. The zero-order chi connectivity index (χ0) is 15.6. The summed E-state index contributed by atoms with van der Waals surface area (Å²) in [5.74, 6) is -1.95. The Balaban J connectivity index is 0.00000242. The minimum absolute atomic E-state index is 0. The number of alkyl halides is 3. The summed E-state index contributed by atoms with van der Waals surface area (Å²) in [6.45, 7) is 0.276. The summed E-state index contributed by atoms with van der Waals surface area (Å²) in [6, 6.07) is 2.29. The first-order valence-corrected chi connectivity index (χ1v) is 6.34. The fourth-order valence-corrected chi connectivity index (χ4v) is 2.11. The Morgan fingerprint density at radius 1 is 1.36 bits per heavy atom. The van der Waals surface area contributed by atoms with Crippen molar-refractivity contribution >= 4 is 24.0 Å². The molecule has 2 atom stereocenters. The molecule has 1 fully saturated rings. The largest absolute Gasteiger partial charge is 0.419 e. The van der Waals surface area contributed by atoms with Gasteiger partial charge < -0.3 is 15.8 Å². The molecule has 3 N–H and O–H groups in total. The molecule has 4 nitrogen and oxygen atoms in total. The number of hydrogen-bond donors (Lipinski definition) is 2. The van der Waals surface area contributed by atoms with Gasteiger partial charge >= 0.3 is 6.18 Å². The van der Waals surface area contributed by atoms with Crippen LogP contribution >= 0.6 is 12.4 Å². The maximum Gasteiger partial charge on any atom is 0.419 e. The number of amides is 1. The van der Waals surface area contributed by atoms with Gasteiger partial charge in [-0.1, -0.05) is 0 Å². The fourth-order valence-electron chi connectivity index (χ4n) is 2.11. The predicted octanol–water partition coefficient (Wildman–Crippen LogP) is 2.71. The quantitative estimate of drug-likeness (QED) is 0.830. The first-order valence-electron chi connectivity index (χ1n) is 6.34. The Bertz CT molecular complexity index is 539. The molecular weight excluding hydrogens is 328 g/mol. The van der Waals surface area contributed by atoms with Crippen LogP contribution in [-0.2, 0) is 15.7 Å². The molecule has 1 aliphatic heterocycles. The van der Waals surface area contributed by atoms with Crippen molar-refractivity contribution in [3.8, 4) is 0 Å². The zero-order valence-corrected chi connectivity index (χ0v) is 12.1. The number of anilines is 1. The molecule has 0 unspecified atom stereocenters. The number of benzene rings is 1. The van der Waals surface area contributed by atoms with Crippen LogP contribution in [0.2, 0.25) is 0 Å². The van der Waals surface area contributed by atoms with Crippen molar-refractivity contribution in [3.63, 3.8) is 0 Å². The molecule has 1 amide bonds. The second-order valence-electron chi connectivity index (χ2n) is 4.74. The van der Waals surface area contributed by atoms with E-state index in [0.29, 0.717) is 25.0 Å². The van der Waals surface area contributed by atoms with Crippen molar-refractivity contribution in [2.45, 2.75) is 31.2 Å². The molecule has 22 heavy (non-hydrogen) atoms. The average molecular weight is 343 g/mol. The van der Waals surface area contributed by atoms with Crippen molar-refractivity contribution in [2.24, 2.45) is 5.73 Å². The van der Waals surface area contributed by atoms with E-state index in [9.17, 15) is 22.4 Å². The Labute approximate surface area is 130 Å². The van der Waals surface area contributed by atoms with Gasteiger partial charge in [-0.15, -0.1) is 12.4 Å². The van der Waals surface area contributed by atoms with Gasteiger partial charge in [-0.25, -0.2) is 4.39 Å². The summed E-state index contributed by atoms with van der Waals surface area (Å²) >= 11 is 0. The van der Waals surface area contributed by atoms with Crippen molar-refractivity contribution in [2.75, 3.05) is 11.9 Å². The molecule has 1 aromatic carbocycles. The zero-order valence-electron chi connectivity index (χ0n) is 11.3. The van der Waals surface area contributed by atoms with E-state index in [-0.39, 0.29) is 30.7 Å². The highest BCUT2D eigenvalue weighted by atomic mass is 35.5. The van der Waals surface area contributed by atoms with Crippen LogP contribution in [0.25, 0.3) is 0 Å². The SMILES string of the molecule is Cl.NC[C@H]1CC[C@@H](C(=O)Nc2ccc(F)c(C(F)(F)F)c2)O1. The van der Waals surface area contributed by atoms with Gasteiger partial charge in [0, 0.05) is 12.2 Å². The number of ether oxygens (including phenoxy) is 1. The summed E-state index contributed by atoms with van der Waals surface area (Å²) in [5.41, 5.74) is 3.86. The van der Waals surface area contributed by atoms with Gasteiger partial charge in [0.2, 0.25) is 0 Å². The van der Waals surface area contributed by atoms with Crippen LogP contribution in [0, 0.1) is 5.82 Å². The van der Waals surface area contributed by atoms with Crippen LogP contribution in [0.15, 0.2) is 18.2 Å². The molecular formula is C13H15ClF4N2O2. The maximum absolute atomic E-state index is 13.1. The number of nitrogens with one attached hydrogen (secondary N) is 1. The van der Waals surface area contributed by atoms with Crippen LogP contribution in [0.3, 0.4) is 0 Å². The third-order valence-electron chi connectivity index (χ3n) is 3.20. The molecule has 0 spiro atoms. The molecule has 0 aliphatic carbocycles. The van der Waals surface area contributed by atoms with Crippen LogP contribution in [0.1, 0.15) is 18.4 Å². The summed E-state index contributed by atoms with van der Waals surface area (Å²) in [6.07, 6.45) is -4.73. The molecule has 0 aromatic heterocycles. The van der Waals surface area contributed by atoms with Gasteiger partial charge in [0.25, 0.3) is 5.91 Å². The Hall–Kier alpha value is -1.38. The molecule has 1 saturated heterocycles. The number of carbonyl (C=O) groups is 1. The van der Waals surface area contributed by atoms with Gasteiger partial charge in [-0.3, -0.25) is 4.79 Å². The van der Waals surface area contributed by atoms with E-state index in [1.165, 1.54) is 0 Å². The van der Waals surface area contributed by atoms with Gasteiger partial charge in [-0.05, 0) is 31.0 Å². The molecule has 9 heteroatoms. The second-order valence-corrected chi connectivity index (χ2v) is 4.74. The standard InChI is InChI=1S/C13H14F4N2O2.ClH/c14-10-3-1-7(5-9(10)13(15,16)17)19-12(20)11-4-2-8(6-18)21-11;/h1,3,5,8,11H,2,4,6,18H2,(H,19,20);1H/t8-,11+;/m1./s1. The summed E-state index contributed by atoms with van der Waals surface area (Å²) in [7, 11) is 0. The van der Waals surface area contributed by atoms with E-state index in [4.69, 9.17) is 10.5 Å². The average Bonchev–Trinajstić information content (AvgIpc) is 2.88. The second kappa shape index (κ2) is 7.26. The van der Waals surface area contributed by atoms with Crippen molar-refractivity contribution < 1.29 is 27.1 Å². The highest BCUT2D eigenvalue weighted by Gasteiger charge is 2.35. The third kappa shape index (κ3) is 4.31. The van der Waals surface area contributed by atoms with E-state index >= 15 is 0 Å². The van der Waals surface area contributed by atoms with Crippen LogP contribution in [-0.4, -0.2) is 24.7 Å². The number of nitrogens with two attached hydrogens (primary N) is 1. The minimum atomic E-state index is -4.82. The third-order valence-corrected chi connectivity index (χ3v) is 3.20. The van der Waals surface area contributed by atoms with Crippen LogP contribution in [0.4, 0.5) is 23.2 Å². The normalized spacial score (nSPS) is 21.3.